The van der Waals surface area contributed by atoms with Gasteiger partial charge in [0, 0.05) is 20.8 Å². The van der Waals surface area contributed by atoms with Gasteiger partial charge in [-0.1, -0.05) is 11.6 Å². The number of hydrogen-bond acceptors (Lipinski definition) is 3. The number of hydrogen-bond donors (Lipinski definition) is 1. The van der Waals surface area contributed by atoms with Crippen molar-refractivity contribution in [2.45, 2.75) is 19.1 Å². The summed E-state index contributed by atoms with van der Waals surface area (Å²) in [4.78, 5) is 0. The van der Waals surface area contributed by atoms with Crippen LogP contribution < -0.4 is 5.32 Å². The summed E-state index contributed by atoms with van der Waals surface area (Å²) in [5, 5.41) is 3.46. The molecule has 0 saturated carbocycles. The van der Waals surface area contributed by atoms with Crippen LogP contribution in [0.1, 0.15) is 13.8 Å². The summed E-state index contributed by atoms with van der Waals surface area (Å²) >= 11 is 8.00. The van der Waals surface area contributed by atoms with Gasteiger partial charge in [0.05, 0.1) is 11.0 Å². The fraction of sp³-hybridized carbons (Fsp3) is 0.455. The second-order valence-corrected chi connectivity index (χ2v) is 8.24. The van der Waals surface area contributed by atoms with Crippen LogP contribution in [0.5, 0.6) is 0 Å². The van der Waals surface area contributed by atoms with E-state index in [2.05, 4.69) is 27.9 Å². The van der Waals surface area contributed by atoms with Crippen molar-refractivity contribution in [3.8, 4) is 0 Å². The molecular weight excluding hydrogens is 373 g/mol. The Morgan fingerprint density at radius 2 is 2.06 bits per heavy atom. The van der Waals surface area contributed by atoms with E-state index in [1.54, 1.807) is 19.9 Å². The van der Waals surface area contributed by atoms with Crippen LogP contribution in [0.3, 0.4) is 0 Å². The lowest BCUT2D eigenvalue weighted by Gasteiger charge is -2.11. The molecule has 1 aromatic carbocycles. The molecule has 1 N–H and O–H groups in total. The summed E-state index contributed by atoms with van der Waals surface area (Å²) < 4.78 is 24.2. The lowest BCUT2D eigenvalue weighted by molar-refractivity contribution is 0.588. The molecule has 3 nitrogen and oxygen atoms in total. The van der Waals surface area contributed by atoms with Gasteiger partial charge in [0.15, 0.2) is 9.84 Å². The number of anilines is 1. The first-order valence-electron chi connectivity index (χ1n) is 5.23. The summed E-state index contributed by atoms with van der Waals surface area (Å²) in [6, 6.07) is 5.47. The first-order valence-corrected chi connectivity index (χ1v) is 8.40. The molecule has 0 atom stereocenters. The Balaban J connectivity index is 2.58. The summed E-state index contributed by atoms with van der Waals surface area (Å²) in [7, 11) is -2.98. The molecule has 0 unspecified atom stereocenters. The van der Waals surface area contributed by atoms with E-state index < -0.39 is 9.84 Å². The normalized spacial score (nSPS) is 11.8. The predicted molar refractivity (Wildman–Crippen MR) is 81.6 cm³/mol. The fourth-order valence-corrected chi connectivity index (χ4v) is 3.12. The van der Waals surface area contributed by atoms with Crippen LogP contribution in [0.15, 0.2) is 18.2 Å². The summed E-state index contributed by atoms with van der Waals surface area (Å²) in [6.07, 6.45) is 0. The van der Waals surface area contributed by atoms with E-state index in [1.807, 2.05) is 12.1 Å². The van der Waals surface area contributed by atoms with Crippen molar-refractivity contribution in [1.29, 1.82) is 0 Å². The van der Waals surface area contributed by atoms with Crippen molar-refractivity contribution in [3.63, 3.8) is 0 Å². The van der Waals surface area contributed by atoms with E-state index >= 15 is 0 Å². The van der Waals surface area contributed by atoms with Crippen LogP contribution >= 0.6 is 34.2 Å². The summed E-state index contributed by atoms with van der Waals surface area (Å²) in [5.41, 5.74) is 0.911. The third kappa shape index (κ3) is 4.63. The monoisotopic (exact) mass is 387 g/mol. The zero-order valence-corrected chi connectivity index (χ0v) is 13.4. The van der Waals surface area contributed by atoms with E-state index in [4.69, 9.17) is 11.6 Å². The second kappa shape index (κ2) is 6.24. The van der Waals surface area contributed by atoms with Gasteiger partial charge in [-0.2, -0.15) is 0 Å². The highest BCUT2D eigenvalue weighted by Gasteiger charge is 2.15. The average Bonchev–Trinajstić information content (AvgIpc) is 2.21. The molecule has 1 aromatic rings. The summed E-state index contributed by atoms with van der Waals surface area (Å²) in [6.45, 7) is 3.81. The molecule has 96 valence electrons. The molecule has 0 bridgehead atoms. The molecule has 0 heterocycles. The maximum absolute atomic E-state index is 11.6. The summed E-state index contributed by atoms with van der Waals surface area (Å²) in [5.74, 6) is 0.142. The van der Waals surface area contributed by atoms with Gasteiger partial charge < -0.3 is 5.32 Å². The lowest BCUT2D eigenvalue weighted by Crippen LogP contribution is -2.23. The van der Waals surface area contributed by atoms with Crippen molar-refractivity contribution < 1.29 is 8.42 Å². The number of halogens is 2. The number of nitrogens with one attached hydrogen (secondary N) is 1. The van der Waals surface area contributed by atoms with Gasteiger partial charge in [-0.25, -0.2) is 8.42 Å². The minimum atomic E-state index is -2.98. The highest BCUT2D eigenvalue weighted by atomic mass is 127. The molecule has 1 rings (SSSR count). The Kier molecular flexibility index (Phi) is 5.53. The number of benzene rings is 1. The molecular formula is C11H15ClINO2S. The van der Waals surface area contributed by atoms with E-state index in [-0.39, 0.29) is 11.0 Å². The Labute approximate surface area is 121 Å². The second-order valence-electron chi connectivity index (χ2n) is 3.97. The molecule has 0 radical (unpaired) electrons. The third-order valence-electron chi connectivity index (χ3n) is 2.35. The average molecular weight is 388 g/mol. The smallest absolute Gasteiger partial charge is 0.154 e. The SMILES string of the molecule is CC(C)S(=O)(=O)CCNc1ccc(Cl)cc1I. The highest BCUT2D eigenvalue weighted by molar-refractivity contribution is 14.1. The Bertz CT molecular complexity index is 488. The standard InChI is InChI=1S/C11H15ClINO2S/c1-8(2)17(15,16)6-5-14-11-4-3-9(12)7-10(11)13/h3-4,7-8,14H,5-6H2,1-2H3. The predicted octanol–water partition coefficient (Wildman–Crippen LogP) is 3.18. The molecule has 0 amide bonds. The molecule has 0 spiro atoms. The molecule has 17 heavy (non-hydrogen) atoms. The van der Waals surface area contributed by atoms with Gasteiger partial charge in [-0.3, -0.25) is 0 Å². The highest BCUT2D eigenvalue weighted by Crippen LogP contribution is 2.22. The zero-order chi connectivity index (χ0) is 13.1. The van der Waals surface area contributed by atoms with Gasteiger partial charge in [0.2, 0.25) is 0 Å². The fourth-order valence-electron chi connectivity index (χ4n) is 1.20. The maximum atomic E-state index is 11.6. The van der Waals surface area contributed by atoms with Gasteiger partial charge in [0.25, 0.3) is 0 Å². The quantitative estimate of drug-likeness (QED) is 0.789. The largest absolute Gasteiger partial charge is 0.383 e. The topological polar surface area (TPSA) is 46.2 Å². The molecule has 0 aliphatic carbocycles. The molecule has 0 aliphatic rings. The van der Waals surface area contributed by atoms with E-state index in [0.29, 0.717) is 11.6 Å². The zero-order valence-electron chi connectivity index (χ0n) is 9.70. The van der Waals surface area contributed by atoms with Crippen molar-refractivity contribution in [1.82, 2.24) is 0 Å². The van der Waals surface area contributed by atoms with Crippen LogP contribution in [-0.4, -0.2) is 26.0 Å². The van der Waals surface area contributed by atoms with E-state index in [0.717, 1.165) is 9.26 Å². The Hall–Kier alpha value is -0.0100. The Morgan fingerprint density at radius 1 is 1.41 bits per heavy atom. The molecule has 6 heteroatoms. The number of sulfone groups is 1. The van der Waals surface area contributed by atoms with Crippen LogP contribution in [0.2, 0.25) is 5.02 Å². The third-order valence-corrected chi connectivity index (χ3v) is 5.69. The molecule has 0 aliphatic heterocycles. The van der Waals surface area contributed by atoms with Crippen LogP contribution in [0.4, 0.5) is 5.69 Å². The van der Waals surface area contributed by atoms with Crippen LogP contribution in [-0.2, 0) is 9.84 Å². The van der Waals surface area contributed by atoms with Gasteiger partial charge in [-0.05, 0) is 54.6 Å². The van der Waals surface area contributed by atoms with Crippen molar-refractivity contribution in [3.05, 3.63) is 26.8 Å². The van der Waals surface area contributed by atoms with Gasteiger partial charge in [0.1, 0.15) is 0 Å². The van der Waals surface area contributed by atoms with Gasteiger partial charge in [-0.15, -0.1) is 0 Å². The molecule has 0 fully saturated rings. The molecule has 0 saturated heterocycles. The molecule has 0 aromatic heterocycles. The van der Waals surface area contributed by atoms with E-state index in [1.165, 1.54) is 0 Å². The van der Waals surface area contributed by atoms with Crippen LogP contribution in [0, 0.1) is 3.57 Å². The van der Waals surface area contributed by atoms with Crippen LogP contribution in [0.25, 0.3) is 0 Å². The van der Waals surface area contributed by atoms with E-state index in [9.17, 15) is 8.42 Å². The van der Waals surface area contributed by atoms with Crippen molar-refractivity contribution in [2.24, 2.45) is 0 Å². The lowest BCUT2D eigenvalue weighted by atomic mass is 10.3. The minimum absolute atomic E-state index is 0.142. The Morgan fingerprint density at radius 3 is 2.59 bits per heavy atom. The first kappa shape index (κ1) is 15.0. The van der Waals surface area contributed by atoms with Crippen molar-refractivity contribution in [2.75, 3.05) is 17.6 Å². The van der Waals surface area contributed by atoms with Crippen molar-refractivity contribution >= 4 is 49.7 Å². The van der Waals surface area contributed by atoms with Gasteiger partial charge >= 0.3 is 0 Å². The maximum Gasteiger partial charge on any atom is 0.154 e. The minimum Gasteiger partial charge on any atom is -0.383 e. The number of rotatable bonds is 5. The first-order chi connectivity index (χ1) is 7.83.